The molecule has 156 valence electrons. The van der Waals surface area contributed by atoms with Crippen LogP contribution < -0.4 is 22.1 Å². The number of thiazole rings is 1. The highest BCUT2D eigenvalue weighted by Crippen LogP contribution is 2.21. The first-order chi connectivity index (χ1) is 13.9. The van der Waals surface area contributed by atoms with E-state index in [1.807, 2.05) is 23.6 Å². The number of aliphatic hydroxyl groups excluding tert-OH is 1. The van der Waals surface area contributed by atoms with Crippen LogP contribution in [0.1, 0.15) is 17.4 Å². The highest BCUT2D eigenvalue weighted by molar-refractivity contribution is 7.98. The number of aliphatic imine (C=N–C) groups is 1. The zero-order valence-corrected chi connectivity index (χ0v) is 17.2. The summed E-state index contributed by atoms with van der Waals surface area (Å²) in [5.41, 5.74) is 12.2. The van der Waals surface area contributed by atoms with Crippen molar-refractivity contribution in [3.63, 3.8) is 0 Å². The van der Waals surface area contributed by atoms with Crippen LogP contribution in [0.4, 0.5) is 5.13 Å². The van der Waals surface area contributed by atoms with Crippen LogP contribution in [0, 0.1) is 10.1 Å². The van der Waals surface area contributed by atoms with Crippen molar-refractivity contribution >= 4 is 34.2 Å². The SMILES string of the molecule is NC(N)=Nc1nc(CSCCN/C(=C/[N+](=O)[O-])NCC(O)c2ccccc2)cs1. The molecule has 0 spiro atoms. The van der Waals surface area contributed by atoms with Gasteiger partial charge in [-0.15, -0.1) is 11.3 Å². The fourth-order valence-electron chi connectivity index (χ4n) is 2.22. The number of aliphatic hydroxyl groups is 1. The summed E-state index contributed by atoms with van der Waals surface area (Å²) in [5, 5.41) is 29.2. The number of rotatable bonds is 12. The van der Waals surface area contributed by atoms with Gasteiger partial charge in [-0.1, -0.05) is 30.3 Å². The van der Waals surface area contributed by atoms with Gasteiger partial charge in [-0.3, -0.25) is 10.1 Å². The Balaban J connectivity index is 1.74. The van der Waals surface area contributed by atoms with E-state index >= 15 is 0 Å². The number of thioether (sulfide) groups is 1. The summed E-state index contributed by atoms with van der Waals surface area (Å²) in [6.07, 6.45) is 0.0798. The molecule has 0 bridgehead atoms. The highest BCUT2D eigenvalue weighted by atomic mass is 32.2. The molecular weight excluding hydrogens is 414 g/mol. The van der Waals surface area contributed by atoms with Crippen LogP contribution in [0.2, 0.25) is 0 Å². The topological polar surface area (TPSA) is 165 Å². The lowest BCUT2D eigenvalue weighted by Gasteiger charge is -2.15. The molecule has 1 aromatic carbocycles. The van der Waals surface area contributed by atoms with Crippen molar-refractivity contribution in [2.45, 2.75) is 11.9 Å². The average Bonchev–Trinajstić information content (AvgIpc) is 3.12. The van der Waals surface area contributed by atoms with E-state index in [9.17, 15) is 15.2 Å². The van der Waals surface area contributed by atoms with Gasteiger partial charge in [0.05, 0.1) is 16.7 Å². The maximum Gasteiger partial charge on any atom is 0.274 e. The molecule has 0 saturated heterocycles. The third-order valence-electron chi connectivity index (χ3n) is 3.48. The summed E-state index contributed by atoms with van der Waals surface area (Å²) in [6.45, 7) is 0.653. The van der Waals surface area contributed by atoms with Gasteiger partial charge in [0.2, 0.25) is 5.13 Å². The van der Waals surface area contributed by atoms with Gasteiger partial charge in [0.1, 0.15) is 0 Å². The molecule has 10 nitrogen and oxygen atoms in total. The Bertz CT molecular complexity index is 839. The molecule has 2 rings (SSSR count). The minimum absolute atomic E-state index is 0.0299. The van der Waals surface area contributed by atoms with E-state index in [0.717, 1.165) is 17.5 Å². The second kappa shape index (κ2) is 11.9. The van der Waals surface area contributed by atoms with Crippen LogP contribution in [0.15, 0.2) is 52.7 Å². The molecule has 7 N–H and O–H groups in total. The summed E-state index contributed by atoms with van der Waals surface area (Å²) >= 11 is 2.97. The number of nitrogens with one attached hydrogen (secondary N) is 2. The molecule has 0 saturated carbocycles. The second-order valence-electron chi connectivity index (χ2n) is 5.77. The number of nitrogens with two attached hydrogens (primary N) is 2. The predicted octanol–water partition coefficient (Wildman–Crippen LogP) is 1.27. The molecule has 0 radical (unpaired) electrons. The molecule has 1 heterocycles. The van der Waals surface area contributed by atoms with Gasteiger partial charge in [-0.05, 0) is 5.56 Å². The van der Waals surface area contributed by atoms with Crippen LogP contribution in [-0.4, -0.2) is 39.8 Å². The lowest BCUT2D eigenvalue weighted by molar-refractivity contribution is -0.404. The maximum atomic E-state index is 10.8. The Morgan fingerprint density at radius 2 is 2.14 bits per heavy atom. The minimum atomic E-state index is -0.772. The largest absolute Gasteiger partial charge is 0.387 e. The van der Waals surface area contributed by atoms with Crippen LogP contribution in [-0.2, 0) is 5.75 Å². The zero-order valence-electron chi connectivity index (χ0n) is 15.5. The van der Waals surface area contributed by atoms with E-state index in [1.54, 1.807) is 23.9 Å². The number of nitrogens with zero attached hydrogens (tertiary/aromatic N) is 3. The highest BCUT2D eigenvalue weighted by Gasteiger charge is 2.09. The number of nitro groups is 1. The smallest absolute Gasteiger partial charge is 0.274 e. The molecule has 0 aliphatic heterocycles. The van der Waals surface area contributed by atoms with E-state index < -0.39 is 11.0 Å². The first kappa shape index (κ1) is 22.5. The Morgan fingerprint density at radius 3 is 2.83 bits per heavy atom. The number of guanidine groups is 1. The molecule has 1 unspecified atom stereocenters. The van der Waals surface area contributed by atoms with Crippen molar-refractivity contribution in [1.82, 2.24) is 15.6 Å². The summed E-state index contributed by atoms with van der Waals surface area (Å²) in [7, 11) is 0. The van der Waals surface area contributed by atoms with Crippen molar-refractivity contribution in [3.8, 4) is 0 Å². The second-order valence-corrected chi connectivity index (χ2v) is 7.71. The van der Waals surface area contributed by atoms with Crippen molar-refractivity contribution in [1.29, 1.82) is 0 Å². The molecule has 0 fully saturated rings. The van der Waals surface area contributed by atoms with E-state index in [0.29, 0.717) is 23.2 Å². The monoisotopic (exact) mass is 437 g/mol. The minimum Gasteiger partial charge on any atom is -0.387 e. The van der Waals surface area contributed by atoms with Gasteiger partial charge in [-0.25, -0.2) is 4.98 Å². The van der Waals surface area contributed by atoms with Gasteiger partial charge < -0.3 is 27.2 Å². The summed E-state index contributed by atoms with van der Waals surface area (Å²) in [5.74, 6) is 1.59. The van der Waals surface area contributed by atoms with Gasteiger partial charge in [0.15, 0.2) is 11.8 Å². The Morgan fingerprint density at radius 1 is 1.38 bits per heavy atom. The Hall–Kier alpha value is -2.83. The van der Waals surface area contributed by atoms with E-state index in [2.05, 4.69) is 20.6 Å². The molecule has 0 aliphatic carbocycles. The normalized spacial score (nSPS) is 12.2. The quantitative estimate of drug-likeness (QED) is 0.108. The predicted molar refractivity (Wildman–Crippen MR) is 116 cm³/mol. The van der Waals surface area contributed by atoms with Crippen LogP contribution in [0.5, 0.6) is 0 Å². The molecule has 2 aromatic rings. The molecule has 1 atom stereocenters. The van der Waals surface area contributed by atoms with E-state index in [4.69, 9.17) is 11.5 Å². The number of benzene rings is 1. The van der Waals surface area contributed by atoms with Crippen LogP contribution in [0.3, 0.4) is 0 Å². The van der Waals surface area contributed by atoms with Crippen molar-refractivity contribution < 1.29 is 10.0 Å². The molecule has 0 aliphatic rings. The van der Waals surface area contributed by atoms with Crippen LogP contribution >= 0.6 is 23.1 Å². The molecule has 1 aromatic heterocycles. The molecule has 0 amide bonds. The van der Waals surface area contributed by atoms with Gasteiger partial charge >= 0.3 is 0 Å². The first-order valence-corrected chi connectivity index (χ1v) is 10.7. The molecular formula is C17H23N7O3S2. The zero-order chi connectivity index (χ0) is 21.1. The first-order valence-electron chi connectivity index (χ1n) is 8.62. The Kier molecular flexibility index (Phi) is 9.21. The fourth-order valence-corrected chi connectivity index (χ4v) is 3.78. The van der Waals surface area contributed by atoms with Crippen molar-refractivity contribution in [3.05, 3.63) is 69.1 Å². The van der Waals surface area contributed by atoms with Crippen LogP contribution in [0.25, 0.3) is 0 Å². The number of hydrogen-bond acceptors (Lipinski definition) is 9. The van der Waals surface area contributed by atoms with Gasteiger partial charge in [0, 0.05) is 30.0 Å². The van der Waals surface area contributed by atoms with Crippen molar-refractivity contribution in [2.75, 3.05) is 18.8 Å². The fraction of sp³-hybridized carbons (Fsp3) is 0.294. The molecule has 29 heavy (non-hydrogen) atoms. The lowest BCUT2D eigenvalue weighted by Crippen LogP contribution is -2.31. The standard InChI is InChI=1S/C17H23N7O3S2/c18-16(19)23-17-22-13(11-29-17)10-28-7-6-20-15(9-24(26)27)21-8-14(25)12-4-2-1-3-5-12/h1-5,9,11,14,20-21,25H,6-8,10H2,(H4,18,19,22,23)/b15-9-. The third kappa shape index (κ3) is 8.81. The average molecular weight is 438 g/mol. The Labute approximate surface area is 176 Å². The van der Waals surface area contributed by atoms with E-state index in [1.165, 1.54) is 11.3 Å². The summed E-state index contributed by atoms with van der Waals surface area (Å²) in [6, 6.07) is 9.10. The van der Waals surface area contributed by atoms with Gasteiger partial charge in [0.25, 0.3) is 6.20 Å². The molecule has 12 heteroatoms. The lowest BCUT2D eigenvalue weighted by atomic mass is 10.1. The van der Waals surface area contributed by atoms with Gasteiger partial charge in [-0.2, -0.15) is 16.8 Å². The number of hydrogen-bond donors (Lipinski definition) is 5. The van der Waals surface area contributed by atoms with E-state index in [-0.39, 0.29) is 18.3 Å². The van der Waals surface area contributed by atoms with Crippen molar-refractivity contribution in [2.24, 2.45) is 16.5 Å². The number of aromatic nitrogens is 1. The maximum absolute atomic E-state index is 10.8. The third-order valence-corrected chi connectivity index (χ3v) is 5.26. The summed E-state index contributed by atoms with van der Waals surface area (Å²) in [4.78, 5) is 18.5. The summed E-state index contributed by atoms with van der Waals surface area (Å²) < 4.78 is 0.